The van der Waals surface area contributed by atoms with Crippen LogP contribution in [0, 0.1) is 35.5 Å². The molecule has 5 unspecified atom stereocenters. The molecule has 5 rings (SSSR count). The van der Waals surface area contributed by atoms with Gasteiger partial charge in [-0.3, -0.25) is 10.2 Å². The number of likely N-dealkylation sites (tertiary alicyclic amines) is 1. The minimum absolute atomic E-state index is 0.0597. The number of hydrogen-bond acceptors (Lipinski definition) is 5. The van der Waals surface area contributed by atoms with E-state index in [-0.39, 0.29) is 11.2 Å². The normalized spacial score (nSPS) is 40.5. The van der Waals surface area contributed by atoms with Gasteiger partial charge in [0, 0.05) is 45.3 Å². The summed E-state index contributed by atoms with van der Waals surface area (Å²) in [6.45, 7) is 11.7. The van der Waals surface area contributed by atoms with Gasteiger partial charge in [-0.15, -0.1) is 0 Å². The zero-order valence-corrected chi connectivity index (χ0v) is 23.0. The molecule has 5 atom stereocenters. The van der Waals surface area contributed by atoms with Gasteiger partial charge in [0.15, 0.2) is 0 Å². The predicted octanol–water partition coefficient (Wildman–Crippen LogP) is 3.33. The van der Waals surface area contributed by atoms with E-state index >= 15 is 0 Å². The fourth-order valence-electron chi connectivity index (χ4n) is 8.05. The van der Waals surface area contributed by atoms with Gasteiger partial charge in [-0.2, -0.15) is 0 Å². The maximum Gasteiger partial charge on any atom is 0.228 e. The third kappa shape index (κ3) is 5.46. The first-order valence-electron chi connectivity index (χ1n) is 14.5. The van der Waals surface area contributed by atoms with Crippen molar-refractivity contribution in [2.45, 2.75) is 89.9 Å². The molecule has 4 aliphatic heterocycles. The summed E-state index contributed by atoms with van der Waals surface area (Å²) in [6.07, 6.45) is 9.16. The van der Waals surface area contributed by atoms with E-state index in [1.165, 1.54) is 6.42 Å². The fraction of sp³-hybridized carbons (Fsp3) is 0.963. The highest BCUT2D eigenvalue weighted by atomic mass is 32.2. The fourth-order valence-corrected chi connectivity index (χ4v) is 10.1. The quantitative estimate of drug-likeness (QED) is 0.631. The number of carbonyl (C=O) groups excluding carboxylic acids is 1. The largest absolute Gasteiger partial charge is 0.342 e. The van der Waals surface area contributed by atoms with Crippen molar-refractivity contribution in [2.75, 3.05) is 39.3 Å². The molecule has 0 spiro atoms. The summed E-state index contributed by atoms with van der Waals surface area (Å²) >= 11 is 0. The molecular formula is C27H48N4O3S. The van der Waals surface area contributed by atoms with Crippen molar-refractivity contribution in [1.29, 1.82) is 0 Å². The topological polar surface area (TPSA) is 73.0 Å². The Labute approximate surface area is 213 Å². The summed E-state index contributed by atoms with van der Waals surface area (Å²) in [6, 6.07) is 0.291. The van der Waals surface area contributed by atoms with Gasteiger partial charge in [0.25, 0.3) is 0 Å². The SMILES string of the molecule is CC1CCC(S(=O)(=O)N2CCC(C3CCN4NCC(C(=O)N5CC(C)CC(C)C5)C4C3)CC2)CC1. The van der Waals surface area contributed by atoms with Crippen molar-refractivity contribution in [3.63, 3.8) is 0 Å². The van der Waals surface area contributed by atoms with Crippen molar-refractivity contribution in [2.24, 2.45) is 35.5 Å². The summed E-state index contributed by atoms with van der Waals surface area (Å²) < 4.78 is 28.3. The number of nitrogens with zero attached hydrogens (tertiary/aromatic N) is 3. The Morgan fingerprint density at radius 1 is 0.771 bits per heavy atom. The lowest BCUT2D eigenvalue weighted by Crippen LogP contribution is -2.51. The molecule has 4 saturated heterocycles. The number of rotatable bonds is 4. The average molecular weight is 509 g/mol. The number of piperidine rings is 3. The van der Waals surface area contributed by atoms with E-state index in [9.17, 15) is 13.2 Å². The molecule has 0 bridgehead atoms. The Kier molecular flexibility index (Phi) is 7.84. The van der Waals surface area contributed by atoms with Crippen LogP contribution in [-0.2, 0) is 14.8 Å². The lowest BCUT2D eigenvalue weighted by molar-refractivity contribution is -0.139. The number of nitrogens with one attached hydrogen (secondary N) is 1. The van der Waals surface area contributed by atoms with Crippen molar-refractivity contribution in [3.8, 4) is 0 Å². The van der Waals surface area contributed by atoms with Crippen LogP contribution in [0.25, 0.3) is 0 Å². The van der Waals surface area contributed by atoms with Gasteiger partial charge >= 0.3 is 0 Å². The number of fused-ring (bicyclic) bond motifs is 1. The molecule has 1 aliphatic carbocycles. The Morgan fingerprint density at radius 3 is 2.06 bits per heavy atom. The van der Waals surface area contributed by atoms with E-state index in [1.54, 1.807) is 0 Å². The van der Waals surface area contributed by atoms with Gasteiger partial charge in [-0.1, -0.05) is 20.8 Å². The summed E-state index contributed by atoms with van der Waals surface area (Å²) in [5.41, 5.74) is 3.54. The van der Waals surface area contributed by atoms with Crippen LogP contribution in [0.5, 0.6) is 0 Å². The summed E-state index contributed by atoms with van der Waals surface area (Å²) in [5, 5.41) is 2.19. The number of carbonyl (C=O) groups is 1. The highest BCUT2D eigenvalue weighted by molar-refractivity contribution is 7.89. The molecule has 8 heteroatoms. The van der Waals surface area contributed by atoms with Crippen LogP contribution in [0.2, 0.25) is 0 Å². The van der Waals surface area contributed by atoms with E-state index in [2.05, 4.69) is 36.1 Å². The van der Waals surface area contributed by atoms with Crippen LogP contribution in [0.1, 0.15) is 78.6 Å². The smallest absolute Gasteiger partial charge is 0.228 e. The first-order valence-corrected chi connectivity index (χ1v) is 16.0. The van der Waals surface area contributed by atoms with Gasteiger partial charge in [0.2, 0.25) is 15.9 Å². The molecule has 5 aliphatic rings. The Morgan fingerprint density at radius 2 is 1.40 bits per heavy atom. The second-order valence-electron chi connectivity index (χ2n) is 12.9. The van der Waals surface area contributed by atoms with Crippen molar-refractivity contribution in [3.05, 3.63) is 0 Å². The third-order valence-electron chi connectivity index (χ3n) is 10.1. The molecule has 200 valence electrons. The Bertz CT molecular complexity index is 840. The van der Waals surface area contributed by atoms with E-state index < -0.39 is 10.0 Å². The average Bonchev–Trinajstić information content (AvgIpc) is 3.26. The highest BCUT2D eigenvalue weighted by Gasteiger charge is 2.46. The molecular weight excluding hydrogens is 460 g/mol. The monoisotopic (exact) mass is 508 g/mol. The predicted molar refractivity (Wildman–Crippen MR) is 139 cm³/mol. The van der Waals surface area contributed by atoms with E-state index in [4.69, 9.17) is 0 Å². The zero-order chi connectivity index (χ0) is 24.7. The van der Waals surface area contributed by atoms with Crippen LogP contribution in [0.3, 0.4) is 0 Å². The minimum Gasteiger partial charge on any atom is -0.342 e. The van der Waals surface area contributed by atoms with Crippen molar-refractivity contribution >= 4 is 15.9 Å². The second kappa shape index (κ2) is 10.6. The van der Waals surface area contributed by atoms with Crippen molar-refractivity contribution < 1.29 is 13.2 Å². The molecule has 0 radical (unpaired) electrons. The van der Waals surface area contributed by atoms with E-state index in [0.717, 1.165) is 77.5 Å². The van der Waals surface area contributed by atoms with E-state index in [1.807, 2.05) is 4.31 Å². The lowest BCUT2D eigenvalue weighted by atomic mass is 9.75. The number of hydrazine groups is 1. The van der Waals surface area contributed by atoms with Crippen LogP contribution >= 0.6 is 0 Å². The maximum atomic E-state index is 13.5. The standard InChI is InChI=1S/C27H48N4O3S/c1-19-4-6-24(7-5-19)35(33,34)30-11-8-22(9-12-30)23-10-13-31-26(15-23)25(16-28-31)27(32)29-17-20(2)14-21(3)18-29/h19-26,28H,4-18H2,1-3H3. The van der Waals surface area contributed by atoms with Gasteiger partial charge < -0.3 is 4.90 Å². The first-order chi connectivity index (χ1) is 16.7. The number of amides is 1. The van der Waals surface area contributed by atoms with Gasteiger partial charge in [0.05, 0.1) is 11.2 Å². The number of sulfonamides is 1. The molecule has 1 saturated carbocycles. The first kappa shape index (κ1) is 25.9. The summed E-state index contributed by atoms with van der Waals surface area (Å²) in [7, 11) is -3.15. The lowest BCUT2D eigenvalue weighted by Gasteiger charge is -2.43. The summed E-state index contributed by atoms with van der Waals surface area (Å²) in [4.78, 5) is 15.7. The Hall–Kier alpha value is -0.700. The number of hydrogen-bond donors (Lipinski definition) is 1. The summed E-state index contributed by atoms with van der Waals surface area (Å²) in [5.74, 6) is 3.45. The minimum atomic E-state index is -3.15. The van der Waals surface area contributed by atoms with Crippen molar-refractivity contribution in [1.82, 2.24) is 19.6 Å². The van der Waals surface area contributed by atoms with Crippen LogP contribution in [-0.4, -0.2) is 79.1 Å². The molecule has 0 aromatic heterocycles. The molecule has 35 heavy (non-hydrogen) atoms. The molecule has 4 heterocycles. The van der Waals surface area contributed by atoms with Gasteiger partial charge in [-0.25, -0.2) is 17.7 Å². The molecule has 1 N–H and O–H groups in total. The van der Waals surface area contributed by atoms with Crippen LogP contribution in [0.4, 0.5) is 0 Å². The maximum absolute atomic E-state index is 13.5. The molecule has 5 fully saturated rings. The van der Waals surface area contributed by atoms with E-state index in [0.29, 0.717) is 54.6 Å². The second-order valence-corrected chi connectivity index (χ2v) is 15.1. The van der Waals surface area contributed by atoms with Crippen LogP contribution in [0.15, 0.2) is 0 Å². The molecule has 7 nitrogen and oxygen atoms in total. The highest BCUT2D eigenvalue weighted by Crippen LogP contribution is 2.40. The Balaban J connectivity index is 1.16. The molecule has 0 aromatic carbocycles. The van der Waals surface area contributed by atoms with Gasteiger partial charge in [0.1, 0.15) is 0 Å². The molecule has 1 amide bonds. The van der Waals surface area contributed by atoms with Crippen LogP contribution < -0.4 is 5.43 Å². The third-order valence-corrected chi connectivity index (χ3v) is 12.5. The van der Waals surface area contributed by atoms with Gasteiger partial charge in [-0.05, 0) is 87.4 Å². The molecule has 0 aromatic rings. The zero-order valence-electron chi connectivity index (χ0n) is 22.2.